The number of methoxy groups -OCH3 is 2. The summed E-state index contributed by atoms with van der Waals surface area (Å²) in [6.45, 7) is 2.75. The highest BCUT2D eigenvalue weighted by atomic mass is 16.5. The number of benzene rings is 2. The largest absolute Gasteiger partial charge is 0.494 e. The van der Waals surface area contributed by atoms with E-state index >= 15 is 0 Å². The van der Waals surface area contributed by atoms with Gasteiger partial charge in [-0.25, -0.2) is 0 Å². The fourth-order valence-electron chi connectivity index (χ4n) is 5.09. The number of nitrogens with zero attached hydrogens (tertiary/aromatic N) is 1. The lowest BCUT2D eigenvalue weighted by Crippen LogP contribution is -2.47. The summed E-state index contributed by atoms with van der Waals surface area (Å²) in [5.74, 6) is 1.59. The molecule has 0 spiro atoms. The Morgan fingerprint density at radius 1 is 1.00 bits per heavy atom. The third kappa shape index (κ3) is 7.13. The van der Waals surface area contributed by atoms with Gasteiger partial charge in [-0.05, 0) is 73.7 Å². The van der Waals surface area contributed by atoms with E-state index < -0.39 is 6.04 Å². The van der Waals surface area contributed by atoms with E-state index in [-0.39, 0.29) is 30.2 Å². The topological polar surface area (TPSA) is 90.2 Å². The summed E-state index contributed by atoms with van der Waals surface area (Å²) in [5, 5.41) is 3.24. The summed E-state index contributed by atoms with van der Waals surface area (Å²) in [5.41, 5.74) is 1.65. The summed E-state index contributed by atoms with van der Waals surface area (Å²) in [6.07, 6.45) is 7.22. The molecule has 1 unspecified atom stereocenters. The Hall–Kier alpha value is -3.94. The number of ether oxygens (including phenoxy) is 3. The Balaban J connectivity index is 1.67. The zero-order valence-electron chi connectivity index (χ0n) is 23.0. The molecule has 1 fully saturated rings. The van der Waals surface area contributed by atoms with Gasteiger partial charge in [-0.1, -0.05) is 37.5 Å². The van der Waals surface area contributed by atoms with E-state index in [1.165, 1.54) is 12.7 Å². The molecule has 8 nitrogen and oxygen atoms in total. The fourth-order valence-corrected chi connectivity index (χ4v) is 5.09. The third-order valence-electron chi connectivity index (χ3n) is 7.10. The first kappa shape index (κ1) is 28.1. The number of hydrogen-bond donors (Lipinski definition) is 1. The standard InChI is InChI=1S/C31H38N2O6/c1-4-38-25-15-13-23(14-16-25)29(30(34)32-24-9-6-5-7-10-24)33(31(35)27-11-8-20-39-27)19-18-22-12-17-26(36-2)28(21-22)37-3/h8,11-17,20-21,24,29H,4-7,9-10,18-19H2,1-3H3,(H,32,34). The van der Waals surface area contributed by atoms with Crippen LogP contribution in [0, 0.1) is 0 Å². The van der Waals surface area contributed by atoms with Crippen molar-refractivity contribution < 1.29 is 28.2 Å². The van der Waals surface area contributed by atoms with Crippen LogP contribution in [0.2, 0.25) is 0 Å². The van der Waals surface area contributed by atoms with Gasteiger partial charge in [0.05, 0.1) is 27.1 Å². The minimum Gasteiger partial charge on any atom is -0.494 e. The highest BCUT2D eigenvalue weighted by Crippen LogP contribution is 2.30. The molecule has 0 aliphatic heterocycles. The minimum atomic E-state index is -0.847. The van der Waals surface area contributed by atoms with E-state index in [4.69, 9.17) is 18.6 Å². The van der Waals surface area contributed by atoms with Crippen LogP contribution in [0.15, 0.2) is 65.3 Å². The zero-order valence-corrected chi connectivity index (χ0v) is 23.0. The Kier molecular flexibility index (Phi) is 9.89. The molecule has 0 saturated heterocycles. The van der Waals surface area contributed by atoms with Crippen LogP contribution in [-0.4, -0.2) is 50.1 Å². The average molecular weight is 535 g/mol. The van der Waals surface area contributed by atoms with Crippen molar-refractivity contribution in [3.05, 3.63) is 77.7 Å². The molecule has 1 aliphatic rings. The Bertz CT molecular complexity index is 1200. The van der Waals surface area contributed by atoms with Crippen LogP contribution in [0.4, 0.5) is 0 Å². The van der Waals surface area contributed by atoms with E-state index in [0.29, 0.717) is 35.8 Å². The number of furan rings is 1. The van der Waals surface area contributed by atoms with Crippen molar-refractivity contribution in [2.75, 3.05) is 27.4 Å². The molecule has 1 N–H and O–H groups in total. The van der Waals surface area contributed by atoms with E-state index in [2.05, 4.69) is 5.32 Å². The van der Waals surface area contributed by atoms with Crippen LogP contribution in [0.3, 0.4) is 0 Å². The van der Waals surface area contributed by atoms with Gasteiger partial charge >= 0.3 is 0 Å². The Morgan fingerprint density at radius 3 is 2.38 bits per heavy atom. The molecule has 1 atom stereocenters. The minimum absolute atomic E-state index is 0.0999. The number of nitrogens with one attached hydrogen (secondary N) is 1. The van der Waals surface area contributed by atoms with E-state index in [9.17, 15) is 9.59 Å². The van der Waals surface area contributed by atoms with Crippen molar-refractivity contribution in [1.29, 1.82) is 0 Å². The molecule has 39 heavy (non-hydrogen) atoms. The summed E-state index contributed by atoms with van der Waals surface area (Å²) in [6, 6.07) is 15.6. The highest BCUT2D eigenvalue weighted by molar-refractivity contribution is 5.96. The molecule has 4 rings (SSSR count). The van der Waals surface area contributed by atoms with Gasteiger partial charge in [-0.3, -0.25) is 9.59 Å². The van der Waals surface area contributed by atoms with Gasteiger partial charge in [0.1, 0.15) is 11.8 Å². The van der Waals surface area contributed by atoms with Crippen molar-refractivity contribution in [3.8, 4) is 17.2 Å². The van der Waals surface area contributed by atoms with Crippen LogP contribution >= 0.6 is 0 Å². The van der Waals surface area contributed by atoms with Crippen molar-refractivity contribution >= 4 is 11.8 Å². The third-order valence-corrected chi connectivity index (χ3v) is 7.10. The fraction of sp³-hybridized carbons (Fsp3) is 0.419. The molecule has 0 bridgehead atoms. The van der Waals surface area contributed by atoms with Crippen molar-refractivity contribution in [2.45, 2.75) is 57.5 Å². The van der Waals surface area contributed by atoms with Gasteiger partial charge in [-0.2, -0.15) is 0 Å². The molecule has 1 saturated carbocycles. The second kappa shape index (κ2) is 13.7. The first-order chi connectivity index (χ1) is 19.0. The van der Waals surface area contributed by atoms with Crippen LogP contribution < -0.4 is 19.5 Å². The van der Waals surface area contributed by atoms with E-state index in [1.54, 1.807) is 31.3 Å². The molecule has 2 aromatic carbocycles. The lowest BCUT2D eigenvalue weighted by atomic mass is 9.94. The molecule has 0 radical (unpaired) electrons. The van der Waals surface area contributed by atoms with Crippen LogP contribution in [0.1, 0.15) is 66.8 Å². The first-order valence-corrected chi connectivity index (χ1v) is 13.6. The first-order valence-electron chi connectivity index (χ1n) is 13.6. The van der Waals surface area contributed by atoms with Crippen LogP contribution in [0.25, 0.3) is 0 Å². The maximum atomic E-state index is 13.9. The lowest BCUT2D eigenvalue weighted by Gasteiger charge is -2.33. The van der Waals surface area contributed by atoms with Crippen molar-refractivity contribution in [3.63, 3.8) is 0 Å². The van der Waals surface area contributed by atoms with Gasteiger partial charge in [-0.15, -0.1) is 0 Å². The summed E-state index contributed by atoms with van der Waals surface area (Å²) < 4.78 is 21.9. The van der Waals surface area contributed by atoms with Gasteiger partial charge in [0.15, 0.2) is 17.3 Å². The number of rotatable bonds is 12. The number of carbonyl (C=O) groups excluding carboxylic acids is 2. The predicted molar refractivity (Wildman–Crippen MR) is 148 cm³/mol. The number of amides is 2. The molecule has 1 heterocycles. The summed E-state index contributed by atoms with van der Waals surface area (Å²) in [7, 11) is 3.18. The second-order valence-electron chi connectivity index (χ2n) is 9.66. The average Bonchev–Trinajstić information content (AvgIpc) is 3.51. The molecular weight excluding hydrogens is 496 g/mol. The quantitative estimate of drug-likeness (QED) is 0.327. The predicted octanol–water partition coefficient (Wildman–Crippen LogP) is 5.57. The van der Waals surface area contributed by atoms with Crippen molar-refractivity contribution in [2.24, 2.45) is 0 Å². The molecule has 1 aliphatic carbocycles. The number of carbonyl (C=O) groups is 2. The SMILES string of the molecule is CCOc1ccc(C(C(=O)NC2CCCCC2)N(CCc2ccc(OC)c(OC)c2)C(=O)c2ccco2)cc1. The van der Waals surface area contributed by atoms with E-state index in [0.717, 1.165) is 31.2 Å². The van der Waals surface area contributed by atoms with Crippen LogP contribution in [0.5, 0.6) is 17.2 Å². The smallest absolute Gasteiger partial charge is 0.290 e. The molecule has 3 aromatic rings. The molecule has 8 heteroatoms. The Morgan fingerprint density at radius 2 is 1.74 bits per heavy atom. The zero-order chi connectivity index (χ0) is 27.6. The second-order valence-corrected chi connectivity index (χ2v) is 9.66. The lowest BCUT2D eigenvalue weighted by molar-refractivity contribution is -0.126. The van der Waals surface area contributed by atoms with Crippen LogP contribution in [-0.2, 0) is 11.2 Å². The van der Waals surface area contributed by atoms with Crippen molar-refractivity contribution in [1.82, 2.24) is 10.2 Å². The maximum Gasteiger partial charge on any atom is 0.290 e. The Labute approximate surface area is 230 Å². The summed E-state index contributed by atoms with van der Waals surface area (Å²) in [4.78, 5) is 29.3. The summed E-state index contributed by atoms with van der Waals surface area (Å²) >= 11 is 0. The molecule has 2 amide bonds. The van der Waals surface area contributed by atoms with Gasteiger partial charge in [0.25, 0.3) is 5.91 Å². The van der Waals surface area contributed by atoms with Gasteiger partial charge in [0.2, 0.25) is 5.91 Å². The van der Waals surface area contributed by atoms with Gasteiger partial charge in [0, 0.05) is 12.6 Å². The maximum absolute atomic E-state index is 13.9. The molecular formula is C31H38N2O6. The van der Waals surface area contributed by atoms with Gasteiger partial charge < -0.3 is 28.8 Å². The number of hydrogen-bond acceptors (Lipinski definition) is 6. The molecule has 208 valence electrons. The monoisotopic (exact) mass is 534 g/mol. The highest BCUT2D eigenvalue weighted by Gasteiger charge is 2.34. The normalized spacial score (nSPS) is 14.3. The molecule has 1 aromatic heterocycles. The van der Waals surface area contributed by atoms with E-state index in [1.807, 2.05) is 49.4 Å².